The zero-order chi connectivity index (χ0) is 38.5. The van der Waals surface area contributed by atoms with E-state index < -0.39 is 0 Å². The molecule has 0 unspecified atom stereocenters. The molecule has 0 atom stereocenters. The van der Waals surface area contributed by atoms with E-state index in [1.165, 1.54) is 307 Å². The number of unbranched alkanes of at least 4 members (excludes halogenated alkanes) is 42. The van der Waals surface area contributed by atoms with Crippen LogP contribution in [-0.2, 0) is 12.8 Å². The van der Waals surface area contributed by atoms with Gasteiger partial charge in [0, 0.05) is 11.4 Å². The molecule has 54 heavy (non-hydrogen) atoms. The fourth-order valence-corrected chi connectivity index (χ4v) is 8.64. The smallest absolute Gasteiger partial charge is 0.0406 e. The van der Waals surface area contributed by atoms with Crippen molar-refractivity contribution in [3.05, 3.63) is 29.6 Å². The molecule has 1 aromatic rings. The molecule has 0 N–H and O–H groups in total. The van der Waals surface area contributed by atoms with Gasteiger partial charge >= 0.3 is 0 Å². The third-order valence-electron chi connectivity index (χ3n) is 12.4. The molecule has 1 rings (SSSR count). The number of hydrogen-bond donors (Lipinski definition) is 0. The van der Waals surface area contributed by atoms with Crippen molar-refractivity contribution in [3.8, 4) is 0 Å². The highest BCUT2D eigenvalue weighted by molar-refractivity contribution is 5.11. The molecule has 0 fully saturated rings. The zero-order valence-electron chi connectivity index (χ0n) is 37.7. The number of rotatable bonds is 46. The van der Waals surface area contributed by atoms with Crippen LogP contribution in [0.4, 0.5) is 0 Å². The van der Waals surface area contributed by atoms with Crippen LogP contribution in [0, 0.1) is 0 Å². The molecule has 0 aromatic carbocycles. The predicted octanol–water partition coefficient (Wildman–Crippen LogP) is 19.4. The number of aryl methyl sites for hydroxylation is 2. The quantitative estimate of drug-likeness (QED) is 0.0605. The van der Waals surface area contributed by atoms with Gasteiger partial charge in [-0.25, -0.2) is 0 Å². The minimum atomic E-state index is 1.17. The Morgan fingerprint density at radius 2 is 0.407 bits per heavy atom. The van der Waals surface area contributed by atoms with E-state index in [0.29, 0.717) is 0 Å². The summed E-state index contributed by atoms with van der Waals surface area (Å²) in [5, 5.41) is 0. The molecule has 0 amide bonds. The Kier molecular flexibility index (Phi) is 42.5. The van der Waals surface area contributed by atoms with E-state index in [-0.39, 0.29) is 0 Å². The second-order valence-electron chi connectivity index (χ2n) is 18.0. The topological polar surface area (TPSA) is 12.9 Å². The lowest BCUT2D eigenvalue weighted by atomic mass is 10.0. The van der Waals surface area contributed by atoms with Crippen LogP contribution in [0.1, 0.15) is 308 Å². The highest BCUT2D eigenvalue weighted by atomic mass is 14.7. The maximum absolute atomic E-state index is 5.02. The summed E-state index contributed by atoms with van der Waals surface area (Å²) in [6.07, 6.45) is 66.2. The van der Waals surface area contributed by atoms with Crippen LogP contribution in [0.15, 0.2) is 18.2 Å². The predicted molar refractivity (Wildman–Crippen MR) is 246 cm³/mol. The Labute approximate surface area is 342 Å². The lowest BCUT2D eigenvalue weighted by Gasteiger charge is -2.06. The van der Waals surface area contributed by atoms with Gasteiger partial charge in [0.15, 0.2) is 0 Å². The molecule has 318 valence electrons. The van der Waals surface area contributed by atoms with E-state index in [9.17, 15) is 0 Å². The molecule has 0 aliphatic rings. The summed E-state index contributed by atoms with van der Waals surface area (Å²) in [6.45, 7) is 4.62. The Bertz CT molecular complexity index is 752. The third-order valence-corrected chi connectivity index (χ3v) is 12.4. The normalized spacial score (nSPS) is 11.6. The molecular weight excluding hydrogens is 651 g/mol. The number of aromatic nitrogens is 1. The van der Waals surface area contributed by atoms with Gasteiger partial charge in [0.05, 0.1) is 0 Å². The van der Waals surface area contributed by atoms with Crippen LogP contribution < -0.4 is 0 Å². The fourth-order valence-electron chi connectivity index (χ4n) is 8.64. The van der Waals surface area contributed by atoms with E-state index >= 15 is 0 Å². The van der Waals surface area contributed by atoms with Gasteiger partial charge < -0.3 is 0 Å². The van der Waals surface area contributed by atoms with Crippen molar-refractivity contribution in [2.75, 3.05) is 0 Å². The molecule has 0 aliphatic carbocycles. The molecule has 0 spiro atoms. The summed E-state index contributed by atoms with van der Waals surface area (Å²) in [4.78, 5) is 5.02. The van der Waals surface area contributed by atoms with Gasteiger partial charge in [-0.1, -0.05) is 290 Å². The van der Waals surface area contributed by atoms with Gasteiger partial charge in [0.25, 0.3) is 0 Å². The highest BCUT2D eigenvalue weighted by Crippen LogP contribution is 2.18. The van der Waals surface area contributed by atoms with Crippen molar-refractivity contribution >= 4 is 0 Å². The third kappa shape index (κ3) is 39.4. The summed E-state index contributed by atoms with van der Waals surface area (Å²) in [6, 6.07) is 6.78. The van der Waals surface area contributed by atoms with Crippen molar-refractivity contribution in [2.24, 2.45) is 0 Å². The first-order chi connectivity index (χ1) is 26.9. The summed E-state index contributed by atoms with van der Waals surface area (Å²) >= 11 is 0. The van der Waals surface area contributed by atoms with Crippen molar-refractivity contribution in [1.29, 1.82) is 0 Å². The van der Waals surface area contributed by atoms with Crippen LogP contribution in [0.5, 0.6) is 0 Å². The minimum absolute atomic E-state index is 1.17. The van der Waals surface area contributed by atoms with Crippen LogP contribution in [-0.4, -0.2) is 4.98 Å². The molecule has 0 saturated heterocycles. The second kappa shape index (κ2) is 44.9. The first-order valence-electron chi connectivity index (χ1n) is 25.8. The molecule has 0 aliphatic heterocycles. The Morgan fingerprint density at radius 1 is 0.241 bits per heavy atom. The lowest BCUT2D eigenvalue weighted by Crippen LogP contribution is -1.96. The molecule has 1 heteroatoms. The van der Waals surface area contributed by atoms with Crippen LogP contribution >= 0.6 is 0 Å². The number of pyridine rings is 1. The van der Waals surface area contributed by atoms with E-state index in [0.717, 1.165) is 0 Å². The molecule has 1 heterocycles. The standard InChI is InChI=1S/C53H101N/c1-3-5-7-9-11-13-15-17-19-21-23-25-27-29-31-33-35-37-39-41-43-45-48-52-50-47-51-53(54-52)49-46-44-42-40-38-36-34-32-30-28-26-24-22-20-18-16-14-12-10-8-6-4-2/h47,50-51H,3-46,48-49H2,1-2H3. The van der Waals surface area contributed by atoms with Gasteiger partial charge in [0.2, 0.25) is 0 Å². The van der Waals surface area contributed by atoms with Crippen molar-refractivity contribution in [2.45, 2.75) is 309 Å². The van der Waals surface area contributed by atoms with E-state index in [2.05, 4.69) is 32.0 Å². The lowest BCUT2D eigenvalue weighted by molar-refractivity contribution is 0.518. The van der Waals surface area contributed by atoms with Crippen molar-refractivity contribution < 1.29 is 0 Å². The van der Waals surface area contributed by atoms with E-state index in [4.69, 9.17) is 4.98 Å². The maximum atomic E-state index is 5.02. The van der Waals surface area contributed by atoms with Crippen LogP contribution in [0.2, 0.25) is 0 Å². The first kappa shape index (κ1) is 51.2. The molecule has 1 aromatic heterocycles. The first-order valence-corrected chi connectivity index (χ1v) is 25.8. The summed E-state index contributed by atoms with van der Waals surface area (Å²) in [5.41, 5.74) is 2.67. The molecule has 0 bridgehead atoms. The number of hydrogen-bond acceptors (Lipinski definition) is 1. The Morgan fingerprint density at radius 3 is 0.593 bits per heavy atom. The average molecular weight is 752 g/mol. The average Bonchev–Trinajstić information content (AvgIpc) is 3.19. The van der Waals surface area contributed by atoms with Gasteiger partial charge in [-0.15, -0.1) is 0 Å². The van der Waals surface area contributed by atoms with Crippen LogP contribution in [0.25, 0.3) is 0 Å². The van der Waals surface area contributed by atoms with Crippen molar-refractivity contribution in [1.82, 2.24) is 4.98 Å². The van der Waals surface area contributed by atoms with Gasteiger partial charge in [-0.3, -0.25) is 4.98 Å². The molecule has 0 radical (unpaired) electrons. The maximum Gasteiger partial charge on any atom is 0.0406 e. The largest absolute Gasteiger partial charge is 0.258 e. The Hall–Kier alpha value is -0.850. The zero-order valence-corrected chi connectivity index (χ0v) is 37.7. The highest BCUT2D eigenvalue weighted by Gasteiger charge is 2.01. The molecular formula is C53H101N. The van der Waals surface area contributed by atoms with Gasteiger partial charge in [-0.2, -0.15) is 0 Å². The van der Waals surface area contributed by atoms with E-state index in [1.54, 1.807) is 0 Å². The van der Waals surface area contributed by atoms with Gasteiger partial charge in [0.1, 0.15) is 0 Å². The van der Waals surface area contributed by atoms with Crippen molar-refractivity contribution in [3.63, 3.8) is 0 Å². The van der Waals surface area contributed by atoms with Crippen LogP contribution in [0.3, 0.4) is 0 Å². The molecule has 0 saturated carbocycles. The summed E-state index contributed by atoms with van der Waals surface area (Å²) in [7, 11) is 0. The minimum Gasteiger partial charge on any atom is -0.258 e. The SMILES string of the molecule is CCCCCCCCCCCCCCCCCCCCCCCCc1cccc(CCCCCCCCCCCCCCCCCCCCCCCC)n1. The molecule has 1 nitrogen and oxygen atoms in total. The summed E-state index contributed by atoms with van der Waals surface area (Å²) < 4.78 is 0. The monoisotopic (exact) mass is 752 g/mol. The Balaban J connectivity index is 1.78. The second-order valence-corrected chi connectivity index (χ2v) is 18.0. The fraction of sp³-hybridized carbons (Fsp3) is 0.906. The van der Waals surface area contributed by atoms with E-state index in [1.807, 2.05) is 0 Å². The summed E-state index contributed by atoms with van der Waals surface area (Å²) in [5.74, 6) is 0. The van der Waals surface area contributed by atoms with Gasteiger partial charge in [-0.05, 0) is 37.8 Å². The number of nitrogens with zero attached hydrogens (tertiary/aromatic N) is 1.